The minimum Gasteiger partial charge on any atom is -0.353 e. The minimum atomic E-state index is 0.0376. The Bertz CT molecular complexity index is 1150. The van der Waals surface area contributed by atoms with Gasteiger partial charge in [-0.1, -0.05) is 36.7 Å². The van der Waals surface area contributed by atoms with Crippen LogP contribution < -0.4 is 5.32 Å². The van der Waals surface area contributed by atoms with Crippen molar-refractivity contribution >= 4 is 40.4 Å². The van der Waals surface area contributed by atoms with E-state index in [-0.39, 0.29) is 30.4 Å². The summed E-state index contributed by atoms with van der Waals surface area (Å²) in [7, 11) is 0. The number of nitrogens with zero attached hydrogens (tertiary/aromatic N) is 5. The van der Waals surface area contributed by atoms with Crippen molar-refractivity contribution in [1.82, 2.24) is 29.4 Å². The third-order valence-corrected chi connectivity index (χ3v) is 8.03. The molecule has 0 unspecified atom stereocenters. The molecule has 3 heterocycles. The molecule has 2 amide bonds. The molecule has 2 atom stereocenters. The fourth-order valence-electron chi connectivity index (χ4n) is 5.49. The number of hydrogen-bond donors (Lipinski definition) is 1. The molecule has 0 spiro atoms. The zero-order chi connectivity index (χ0) is 22.9. The topological polar surface area (TPSA) is 84.5 Å². The smallest absolute Gasteiger partial charge is 0.243 e. The molecule has 176 valence electrons. The van der Waals surface area contributed by atoms with Gasteiger partial charge in [-0.25, -0.2) is 0 Å². The molecule has 1 aliphatic carbocycles. The van der Waals surface area contributed by atoms with Gasteiger partial charge in [-0.2, -0.15) is 0 Å². The summed E-state index contributed by atoms with van der Waals surface area (Å²) >= 11 is 1.39. The zero-order valence-corrected chi connectivity index (χ0v) is 20.2. The third-order valence-electron chi connectivity index (χ3n) is 7.10. The first-order valence-electron chi connectivity index (χ1n) is 12.1. The Morgan fingerprint density at radius 1 is 1.00 bits per heavy atom. The highest BCUT2D eigenvalue weighted by Crippen LogP contribution is 2.28. The van der Waals surface area contributed by atoms with Crippen LogP contribution in [0.3, 0.4) is 0 Å². The van der Waals surface area contributed by atoms with Crippen molar-refractivity contribution in [3.8, 4) is 0 Å². The SMILES string of the molecule is C[C@H]1CCC[C@H](C)N1C(=O)Cn1c2ccccc2n2c(SCC(=O)NC3CCCC3)nnc12. The van der Waals surface area contributed by atoms with Crippen LogP contribution >= 0.6 is 11.8 Å². The lowest BCUT2D eigenvalue weighted by molar-refractivity contribution is -0.137. The van der Waals surface area contributed by atoms with Crippen molar-refractivity contribution in [2.45, 2.75) is 88.6 Å². The number of benzene rings is 1. The Hall–Kier alpha value is -2.55. The number of amides is 2. The fraction of sp³-hybridized carbons (Fsp3) is 0.583. The molecule has 2 aliphatic rings. The van der Waals surface area contributed by atoms with E-state index in [2.05, 4.69) is 29.4 Å². The molecule has 1 saturated carbocycles. The highest BCUT2D eigenvalue weighted by molar-refractivity contribution is 7.99. The van der Waals surface area contributed by atoms with Crippen molar-refractivity contribution < 1.29 is 9.59 Å². The molecular formula is C24H32N6O2S. The summed E-state index contributed by atoms with van der Waals surface area (Å²) in [6, 6.07) is 8.80. The molecule has 3 aromatic rings. The summed E-state index contributed by atoms with van der Waals surface area (Å²) in [4.78, 5) is 27.8. The van der Waals surface area contributed by atoms with Gasteiger partial charge in [0, 0.05) is 18.1 Å². The first-order valence-corrected chi connectivity index (χ1v) is 13.1. The summed E-state index contributed by atoms with van der Waals surface area (Å²) < 4.78 is 3.93. The van der Waals surface area contributed by atoms with Gasteiger partial charge in [-0.3, -0.25) is 18.6 Å². The molecule has 1 aliphatic heterocycles. The summed E-state index contributed by atoms with van der Waals surface area (Å²) in [5.74, 6) is 1.10. The number of thioether (sulfide) groups is 1. The van der Waals surface area contributed by atoms with Gasteiger partial charge in [0.05, 0.1) is 16.8 Å². The van der Waals surface area contributed by atoms with Crippen molar-refractivity contribution in [2.24, 2.45) is 0 Å². The van der Waals surface area contributed by atoms with Gasteiger partial charge in [-0.15, -0.1) is 10.2 Å². The van der Waals surface area contributed by atoms with E-state index in [4.69, 9.17) is 0 Å². The lowest BCUT2D eigenvalue weighted by Gasteiger charge is -2.39. The minimum absolute atomic E-state index is 0.0376. The Labute approximate surface area is 198 Å². The number of piperidine rings is 1. The number of para-hydroxylation sites is 2. The molecule has 0 bridgehead atoms. The van der Waals surface area contributed by atoms with Crippen molar-refractivity contribution in [3.05, 3.63) is 24.3 Å². The number of rotatable bonds is 6. The molecule has 5 rings (SSSR count). The molecular weight excluding hydrogens is 436 g/mol. The van der Waals surface area contributed by atoms with Crippen LogP contribution in [0.4, 0.5) is 0 Å². The van der Waals surface area contributed by atoms with Crippen LogP contribution in [0.5, 0.6) is 0 Å². The number of nitrogens with one attached hydrogen (secondary N) is 1. The van der Waals surface area contributed by atoms with E-state index in [0.717, 1.165) is 36.7 Å². The van der Waals surface area contributed by atoms with Crippen LogP contribution in [0.2, 0.25) is 0 Å². The molecule has 0 radical (unpaired) electrons. The Morgan fingerprint density at radius 3 is 2.42 bits per heavy atom. The van der Waals surface area contributed by atoms with Gasteiger partial charge in [0.25, 0.3) is 0 Å². The summed E-state index contributed by atoms with van der Waals surface area (Å²) in [6.45, 7) is 4.51. The second kappa shape index (κ2) is 9.37. The fourth-order valence-corrected chi connectivity index (χ4v) is 6.24. The van der Waals surface area contributed by atoms with Crippen LogP contribution in [-0.2, 0) is 16.1 Å². The van der Waals surface area contributed by atoms with Crippen LogP contribution in [-0.4, -0.2) is 59.8 Å². The maximum Gasteiger partial charge on any atom is 0.243 e. The number of hydrogen-bond acceptors (Lipinski definition) is 5. The molecule has 2 fully saturated rings. The summed E-state index contributed by atoms with van der Waals surface area (Å²) in [6.07, 6.45) is 7.79. The first-order chi connectivity index (χ1) is 16.0. The first kappa shape index (κ1) is 22.3. The van der Waals surface area contributed by atoms with Gasteiger partial charge >= 0.3 is 0 Å². The monoisotopic (exact) mass is 468 g/mol. The third kappa shape index (κ3) is 4.35. The van der Waals surface area contributed by atoms with Gasteiger partial charge < -0.3 is 10.2 Å². The van der Waals surface area contributed by atoms with E-state index in [9.17, 15) is 9.59 Å². The lowest BCUT2D eigenvalue weighted by atomic mass is 9.97. The quantitative estimate of drug-likeness (QED) is 0.559. The number of likely N-dealkylation sites (tertiary alicyclic amines) is 1. The van der Waals surface area contributed by atoms with E-state index >= 15 is 0 Å². The largest absolute Gasteiger partial charge is 0.353 e. The predicted molar refractivity (Wildman–Crippen MR) is 129 cm³/mol. The van der Waals surface area contributed by atoms with Gasteiger partial charge in [0.2, 0.25) is 17.6 Å². The van der Waals surface area contributed by atoms with Crippen molar-refractivity contribution in [3.63, 3.8) is 0 Å². The van der Waals surface area contributed by atoms with E-state index in [0.29, 0.717) is 22.7 Å². The van der Waals surface area contributed by atoms with Crippen molar-refractivity contribution in [1.29, 1.82) is 0 Å². The number of fused-ring (bicyclic) bond motifs is 3. The summed E-state index contributed by atoms with van der Waals surface area (Å²) in [5.41, 5.74) is 1.90. The zero-order valence-electron chi connectivity index (χ0n) is 19.4. The molecule has 33 heavy (non-hydrogen) atoms. The summed E-state index contributed by atoms with van der Waals surface area (Å²) in [5, 5.41) is 12.6. The standard InChI is InChI=1S/C24H32N6O2S/c1-16-8-7-9-17(2)29(16)22(32)14-28-19-12-5-6-13-20(19)30-23(28)26-27-24(30)33-15-21(31)25-18-10-3-4-11-18/h5-6,12-13,16-18H,3-4,7-11,14-15H2,1-2H3,(H,25,31)/t16-,17-/m0/s1. The van der Waals surface area contributed by atoms with E-state index in [1.54, 1.807) is 0 Å². The molecule has 9 heteroatoms. The molecule has 1 saturated heterocycles. The number of carbonyl (C=O) groups excluding carboxylic acids is 2. The highest BCUT2D eigenvalue weighted by atomic mass is 32.2. The van der Waals surface area contributed by atoms with Crippen molar-refractivity contribution in [2.75, 3.05) is 5.75 Å². The van der Waals surface area contributed by atoms with E-state index < -0.39 is 0 Å². The number of imidazole rings is 1. The predicted octanol–water partition coefficient (Wildman–Crippen LogP) is 3.62. The molecule has 1 N–H and O–H groups in total. The Morgan fingerprint density at radius 2 is 1.70 bits per heavy atom. The van der Waals surface area contributed by atoms with Crippen LogP contribution in [0.1, 0.15) is 58.8 Å². The average molecular weight is 469 g/mol. The van der Waals surface area contributed by atoms with Gasteiger partial charge in [0.1, 0.15) is 6.54 Å². The van der Waals surface area contributed by atoms with Crippen LogP contribution in [0, 0.1) is 0 Å². The maximum absolute atomic E-state index is 13.3. The Kier molecular flexibility index (Phi) is 6.32. The van der Waals surface area contributed by atoms with E-state index in [1.807, 2.05) is 38.1 Å². The number of carbonyl (C=O) groups is 2. The van der Waals surface area contributed by atoms with Crippen LogP contribution in [0.15, 0.2) is 29.4 Å². The molecule has 1 aromatic carbocycles. The number of aromatic nitrogens is 4. The highest BCUT2D eigenvalue weighted by Gasteiger charge is 2.30. The second-order valence-electron chi connectivity index (χ2n) is 9.46. The van der Waals surface area contributed by atoms with Gasteiger partial charge in [-0.05, 0) is 58.1 Å². The Balaban J connectivity index is 1.39. The second-order valence-corrected chi connectivity index (χ2v) is 10.4. The van der Waals surface area contributed by atoms with E-state index in [1.165, 1.54) is 31.0 Å². The molecule has 2 aromatic heterocycles. The van der Waals surface area contributed by atoms with Gasteiger partial charge in [0.15, 0.2) is 5.16 Å². The molecule has 8 nitrogen and oxygen atoms in total. The lowest BCUT2D eigenvalue weighted by Crippen LogP contribution is -2.48. The normalized spacial score (nSPS) is 21.8. The average Bonchev–Trinajstić information content (AvgIpc) is 3.51. The van der Waals surface area contributed by atoms with Crippen LogP contribution in [0.25, 0.3) is 16.8 Å². The maximum atomic E-state index is 13.3.